The van der Waals surface area contributed by atoms with Crippen LogP contribution < -0.4 is 11.2 Å². The van der Waals surface area contributed by atoms with Gasteiger partial charge in [-0.25, -0.2) is 9.36 Å². The fraction of sp³-hybridized carbons (Fsp3) is 0.692. The van der Waals surface area contributed by atoms with Crippen molar-refractivity contribution in [1.29, 1.82) is 0 Å². The highest BCUT2D eigenvalue weighted by Gasteiger charge is 2.49. The molecular weight excluding hydrogens is 359 g/mol. The second kappa shape index (κ2) is 7.92. The molecule has 2 heterocycles. The Hall–Kier alpha value is -1.33. The summed E-state index contributed by atoms with van der Waals surface area (Å²) < 4.78 is 39.5. The first-order valence-corrected chi connectivity index (χ1v) is 8.74. The largest absolute Gasteiger partial charge is 0.474 e. The molecule has 25 heavy (non-hydrogen) atoms. The minimum Gasteiger partial charge on any atom is -0.386 e. The first-order chi connectivity index (χ1) is 11.8. The fourth-order valence-electron chi connectivity index (χ4n) is 2.47. The number of methoxy groups -OCH3 is 1. The second-order valence-electron chi connectivity index (χ2n) is 5.30. The Morgan fingerprint density at radius 1 is 1.28 bits per heavy atom. The fourth-order valence-corrected chi connectivity index (χ4v) is 3.35. The SMILES string of the molecule is COC[C@H]1O[C@@H](n2ccc(=O)n(C)c2=O)[C@H](O)[C@@H]1OP(=O)(OC)OC. The molecule has 1 aromatic rings. The van der Waals surface area contributed by atoms with E-state index in [2.05, 4.69) is 0 Å². The van der Waals surface area contributed by atoms with E-state index in [1.54, 1.807) is 0 Å². The predicted octanol–water partition coefficient (Wildman–Crippen LogP) is -0.762. The van der Waals surface area contributed by atoms with E-state index in [9.17, 15) is 19.3 Å². The number of nitrogens with zero attached hydrogens (tertiary/aromatic N) is 2. The Kier molecular flexibility index (Phi) is 6.33. The Labute approximate surface area is 143 Å². The molecule has 0 unspecified atom stereocenters. The molecule has 11 nitrogen and oxygen atoms in total. The molecule has 1 aliphatic rings. The summed E-state index contributed by atoms with van der Waals surface area (Å²) in [4.78, 5) is 23.8. The highest BCUT2D eigenvalue weighted by molar-refractivity contribution is 7.48. The van der Waals surface area contributed by atoms with E-state index in [-0.39, 0.29) is 6.61 Å². The topological polar surface area (TPSA) is 127 Å². The van der Waals surface area contributed by atoms with Gasteiger partial charge in [-0.15, -0.1) is 0 Å². The van der Waals surface area contributed by atoms with Gasteiger partial charge in [-0.05, 0) is 0 Å². The molecule has 4 atom stereocenters. The molecule has 0 aliphatic carbocycles. The maximum absolute atomic E-state index is 12.2. The van der Waals surface area contributed by atoms with Crippen molar-refractivity contribution in [2.24, 2.45) is 7.05 Å². The monoisotopic (exact) mass is 380 g/mol. The molecule has 2 rings (SSSR count). The van der Waals surface area contributed by atoms with Gasteiger partial charge in [0.25, 0.3) is 5.56 Å². The van der Waals surface area contributed by atoms with E-state index in [0.29, 0.717) is 0 Å². The molecule has 1 aliphatic heterocycles. The van der Waals surface area contributed by atoms with Gasteiger partial charge in [0.1, 0.15) is 18.3 Å². The zero-order chi connectivity index (χ0) is 18.8. The van der Waals surface area contributed by atoms with Gasteiger partial charge in [-0.2, -0.15) is 0 Å². The second-order valence-corrected chi connectivity index (χ2v) is 7.13. The number of phosphoric acid groups is 1. The Balaban J connectivity index is 2.37. The summed E-state index contributed by atoms with van der Waals surface area (Å²) in [7, 11) is 1.06. The summed E-state index contributed by atoms with van der Waals surface area (Å²) in [5.74, 6) is 0. The molecule has 1 aromatic heterocycles. The number of hydrogen-bond acceptors (Lipinski definition) is 9. The molecule has 0 saturated carbocycles. The maximum Gasteiger partial charge on any atom is 0.474 e. The first kappa shape index (κ1) is 20.0. The smallest absolute Gasteiger partial charge is 0.386 e. The maximum atomic E-state index is 12.2. The Bertz CT molecular complexity index is 753. The number of aliphatic hydroxyl groups excluding tert-OH is 1. The third-order valence-corrected chi connectivity index (χ3v) is 5.22. The third-order valence-electron chi connectivity index (χ3n) is 3.83. The lowest BCUT2D eigenvalue weighted by molar-refractivity contribution is -0.0619. The van der Waals surface area contributed by atoms with Crippen molar-refractivity contribution in [2.45, 2.75) is 24.5 Å². The minimum atomic E-state index is -3.91. The molecule has 0 amide bonds. The van der Waals surface area contributed by atoms with Crippen molar-refractivity contribution in [1.82, 2.24) is 9.13 Å². The van der Waals surface area contributed by atoms with Crippen molar-refractivity contribution in [3.05, 3.63) is 33.1 Å². The van der Waals surface area contributed by atoms with Gasteiger partial charge >= 0.3 is 13.5 Å². The molecule has 0 bridgehead atoms. The number of aromatic nitrogens is 2. The molecule has 0 spiro atoms. The van der Waals surface area contributed by atoms with Crippen molar-refractivity contribution in [3.8, 4) is 0 Å². The van der Waals surface area contributed by atoms with E-state index < -0.39 is 43.6 Å². The van der Waals surface area contributed by atoms with Gasteiger partial charge in [0.05, 0.1) is 6.61 Å². The zero-order valence-electron chi connectivity index (χ0n) is 14.2. The predicted molar refractivity (Wildman–Crippen MR) is 84.2 cm³/mol. The van der Waals surface area contributed by atoms with Gasteiger partial charge in [0.2, 0.25) is 0 Å². The number of rotatable bonds is 7. The van der Waals surface area contributed by atoms with Crippen molar-refractivity contribution >= 4 is 7.82 Å². The summed E-state index contributed by atoms with van der Waals surface area (Å²) >= 11 is 0. The van der Waals surface area contributed by atoms with E-state index in [0.717, 1.165) is 29.4 Å². The quantitative estimate of drug-likeness (QED) is 0.607. The van der Waals surface area contributed by atoms with Crippen LogP contribution in [0.5, 0.6) is 0 Å². The highest BCUT2D eigenvalue weighted by Crippen LogP contribution is 2.51. The number of hydrogen-bond donors (Lipinski definition) is 1. The molecule has 1 saturated heterocycles. The average Bonchev–Trinajstić information content (AvgIpc) is 2.89. The van der Waals surface area contributed by atoms with Crippen LogP contribution >= 0.6 is 7.82 Å². The van der Waals surface area contributed by atoms with E-state index >= 15 is 0 Å². The number of ether oxygens (including phenoxy) is 2. The molecule has 1 N–H and O–H groups in total. The zero-order valence-corrected chi connectivity index (χ0v) is 15.1. The number of aliphatic hydroxyl groups is 1. The lowest BCUT2D eigenvalue weighted by Crippen LogP contribution is -2.42. The van der Waals surface area contributed by atoms with Crippen LogP contribution in [-0.4, -0.2) is 60.5 Å². The molecule has 0 aromatic carbocycles. The van der Waals surface area contributed by atoms with Crippen LogP contribution in [0.2, 0.25) is 0 Å². The minimum absolute atomic E-state index is 0.00777. The van der Waals surface area contributed by atoms with E-state index in [1.165, 1.54) is 20.4 Å². The lowest BCUT2D eigenvalue weighted by Gasteiger charge is -2.23. The summed E-state index contributed by atoms with van der Waals surface area (Å²) in [5, 5.41) is 10.6. The van der Waals surface area contributed by atoms with Crippen molar-refractivity contribution in [3.63, 3.8) is 0 Å². The van der Waals surface area contributed by atoms with Crippen LogP contribution in [0.25, 0.3) is 0 Å². The lowest BCUT2D eigenvalue weighted by atomic mass is 10.1. The molecular formula is C13H21N2O9P. The van der Waals surface area contributed by atoms with Gasteiger partial charge < -0.3 is 14.6 Å². The summed E-state index contributed by atoms with van der Waals surface area (Å²) in [6, 6.07) is 1.16. The first-order valence-electron chi connectivity index (χ1n) is 7.28. The standard InChI is InChI=1S/C13H21N2O9P/c1-14-9(16)5-6-15(13(14)18)12-10(17)11(8(23-12)7-20-2)24-25(19,21-3)22-4/h5-6,8,10-12,17H,7H2,1-4H3/t8-,10-,11-,12-/m1/s1. The number of phosphoric ester groups is 1. The molecule has 0 radical (unpaired) electrons. The van der Waals surface area contributed by atoms with Crippen LogP contribution in [0, 0.1) is 0 Å². The Morgan fingerprint density at radius 2 is 1.92 bits per heavy atom. The van der Waals surface area contributed by atoms with Gasteiger partial charge in [-0.1, -0.05) is 0 Å². The summed E-state index contributed by atoms with van der Waals surface area (Å²) in [6.07, 6.45) is -3.37. The van der Waals surface area contributed by atoms with Crippen LogP contribution in [0.1, 0.15) is 6.23 Å². The third kappa shape index (κ3) is 3.93. The van der Waals surface area contributed by atoms with Gasteiger partial charge in [0.15, 0.2) is 6.23 Å². The Morgan fingerprint density at radius 3 is 2.48 bits per heavy atom. The summed E-state index contributed by atoms with van der Waals surface area (Å²) in [5.41, 5.74) is -1.19. The van der Waals surface area contributed by atoms with Crippen LogP contribution in [0.4, 0.5) is 0 Å². The molecule has 1 fully saturated rings. The highest BCUT2D eigenvalue weighted by atomic mass is 31.2. The van der Waals surface area contributed by atoms with Crippen LogP contribution in [-0.2, 0) is 34.7 Å². The molecule has 142 valence electrons. The van der Waals surface area contributed by atoms with Gasteiger partial charge in [0, 0.05) is 40.6 Å². The van der Waals surface area contributed by atoms with E-state index in [4.69, 9.17) is 23.0 Å². The van der Waals surface area contributed by atoms with Crippen LogP contribution in [0.15, 0.2) is 21.9 Å². The summed E-state index contributed by atoms with van der Waals surface area (Å²) in [6.45, 7) is -0.00777. The van der Waals surface area contributed by atoms with Gasteiger partial charge in [-0.3, -0.25) is 27.5 Å². The van der Waals surface area contributed by atoms with Crippen molar-refractivity contribution < 1.29 is 32.7 Å². The van der Waals surface area contributed by atoms with Crippen molar-refractivity contribution in [2.75, 3.05) is 27.9 Å². The normalized spacial score (nSPS) is 26.9. The van der Waals surface area contributed by atoms with E-state index in [1.807, 2.05) is 0 Å². The molecule has 12 heteroatoms. The van der Waals surface area contributed by atoms with Crippen LogP contribution in [0.3, 0.4) is 0 Å². The average molecular weight is 380 g/mol.